The summed E-state index contributed by atoms with van der Waals surface area (Å²) in [5, 5.41) is 8.43. The molecule has 2 N–H and O–H groups in total. The monoisotopic (exact) mass is 552 g/mol. The summed E-state index contributed by atoms with van der Waals surface area (Å²) < 4.78 is 55.3. The summed E-state index contributed by atoms with van der Waals surface area (Å²) in [6, 6.07) is 4.54. The Hall–Kier alpha value is -3.24. The van der Waals surface area contributed by atoms with E-state index in [1.54, 1.807) is 11.8 Å². The van der Waals surface area contributed by atoms with Crippen molar-refractivity contribution in [1.29, 1.82) is 0 Å². The van der Waals surface area contributed by atoms with Crippen molar-refractivity contribution < 1.29 is 17.6 Å². The number of H-pyrrole nitrogens is 2. The lowest BCUT2D eigenvalue weighted by atomic mass is 9.92. The Kier molecular flexibility index (Phi) is 9.67. The molecule has 0 spiro atoms. The van der Waals surface area contributed by atoms with Crippen molar-refractivity contribution in [2.24, 2.45) is 0 Å². The molecule has 0 amide bonds. The Morgan fingerprint density at radius 3 is 2.58 bits per heavy atom. The smallest absolute Gasteiger partial charge is 0.313 e. The van der Waals surface area contributed by atoms with E-state index in [4.69, 9.17) is 0 Å². The lowest BCUT2D eigenvalue weighted by molar-refractivity contribution is 0.0114. The minimum atomic E-state index is -2.75. The lowest BCUT2D eigenvalue weighted by Crippen LogP contribution is -2.25. The van der Waals surface area contributed by atoms with Crippen LogP contribution in [0.1, 0.15) is 55.1 Å². The number of nitrogens with zero attached hydrogens (tertiary/aromatic N) is 4. The van der Waals surface area contributed by atoms with Crippen molar-refractivity contribution in [3.8, 4) is 11.3 Å². The van der Waals surface area contributed by atoms with Crippen LogP contribution in [0.4, 0.5) is 17.6 Å². The molecule has 1 saturated heterocycles. The van der Waals surface area contributed by atoms with Crippen LogP contribution < -0.4 is 11.2 Å². The maximum Gasteiger partial charge on any atom is 0.325 e. The van der Waals surface area contributed by atoms with Gasteiger partial charge in [0.2, 0.25) is 6.43 Å². The van der Waals surface area contributed by atoms with Gasteiger partial charge in [-0.25, -0.2) is 22.4 Å². The van der Waals surface area contributed by atoms with E-state index in [0.717, 1.165) is 0 Å². The number of hydrogen-bond acceptors (Lipinski definition) is 6. The van der Waals surface area contributed by atoms with Crippen LogP contribution in [0.15, 0.2) is 40.2 Å². The zero-order chi connectivity index (χ0) is 28.0. The van der Waals surface area contributed by atoms with Gasteiger partial charge in [0.15, 0.2) is 0 Å². The van der Waals surface area contributed by atoms with Gasteiger partial charge in [-0.15, -0.1) is 14.0 Å². The molecular formula is C25H29F4N6O2P. The molecule has 3 aromatic rings. The summed E-state index contributed by atoms with van der Waals surface area (Å²) in [5.74, 6) is -3.97. The molecule has 0 saturated carbocycles. The number of halogens is 4. The van der Waals surface area contributed by atoms with Crippen molar-refractivity contribution in [3.63, 3.8) is 0 Å². The maximum absolute atomic E-state index is 14.2. The van der Waals surface area contributed by atoms with Crippen LogP contribution in [0.3, 0.4) is 0 Å². The molecule has 1 aliphatic heterocycles. The number of aryl methyl sites for hydroxylation is 1. The fraction of sp³-hybridized carbons (Fsp3) is 0.440. The average Bonchev–Trinajstić information content (AvgIpc) is 3.22. The van der Waals surface area contributed by atoms with Gasteiger partial charge >= 0.3 is 5.69 Å². The van der Waals surface area contributed by atoms with E-state index < -0.39 is 29.5 Å². The van der Waals surface area contributed by atoms with Gasteiger partial charge in [-0.05, 0) is 42.4 Å². The van der Waals surface area contributed by atoms with Crippen LogP contribution in [-0.4, -0.2) is 60.8 Å². The molecule has 0 radical (unpaired) electrons. The number of likely N-dealkylation sites (tertiary alicyclic amines) is 1. The standard InChI is InChI=1S/C23H23F4N6O2P.C2H6/c1-12-15(7-18(32-31-12)17-9-29-22(35)30-21(17)34)19(36)8-16(20(24)25)13-2-4-28-14(6-13)10-33-5-3-23(26,27)11-33;1-2/h2,4,6-7,9,16,20,36H,3,5,8,10-11H2,1H3,(H2,29,30,34,35);1-2H3. The van der Waals surface area contributed by atoms with Gasteiger partial charge in [0.25, 0.3) is 11.5 Å². The highest BCUT2D eigenvalue weighted by Crippen LogP contribution is 2.32. The van der Waals surface area contributed by atoms with Gasteiger partial charge in [0.1, 0.15) is 5.69 Å². The minimum absolute atomic E-state index is 0.0690. The SMILES string of the molecule is CC.Cc1nnc(-c2c[nH]c(=O)[nH]c2=O)cc1C(=P)CC(c1ccnc(CN2CCC(F)(F)C2)c1)C(F)F. The Balaban J connectivity index is 0.00000195. The van der Waals surface area contributed by atoms with Crippen LogP contribution in [0, 0.1) is 6.92 Å². The van der Waals surface area contributed by atoms with Crippen LogP contribution >= 0.6 is 8.86 Å². The number of pyridine rings is 1. The topological polar surface area (TPSA) is 108 Å². The van der Waals surface area contributed by atoms with Crippen LogP contribution in [0.25, 0.3) is 11.3 Å². The quantitative estimate of drug-likeness (QED) is 0.321. The highest BCUT2D eigenvalue weighted by molar-refractivity contribution is 7.22. The second-order valence-electron chi connectivity index (χ2n) is 8.74. The highest BCUT2D eigenvalue weighted by Gasteiger charge is 2.38. The van der Waals surface area contributed by atoms with Crippen molar-refractivity contribution in [3.05, 3.63) is 73.9 Å². The first-order chi connectivity index (χ1) is 18.0. The molecular weight excluding hydrogens is 523 g/mol. The molecule has 8 nitrogen and oxygen atoms in total. The van der Waals surface area contributed by atoms with Gasteiger partial charge in [-0.1, -0.05) is 13.8 Å². The first-order valence-electron chi connectivity index (χ1n) is 12.1. The van der Waals surface area contributed by atoms with Crippen LogP contribution in [-0.2, 0) is 6.54 Å². The van der Waals surface area contributed by atoms with E-state index in [-0.39, 0.29) is 43.7 Å². The van der Waals surface area contributed by atoms with Crippen LogP contribution in [0.5, 0.6) is 0 Å². The number of aromatic amines is 2. The largest absolute Gasteiger partial charge is 0.325 e. The molecule has 13 heteroatoms. The minimum Gasteiger partial charge on any atom is -0.313 e. The predicted molar refractivity (Wildman–Crippen MR) is 140 cm³/mol. The van der Waals surface area contributed by atoms with Gasteiger partial charge < -0.3 is 4.98 Å². The number of hydrogen-bond donors (Lipinski definition) is 2. The lowest BCUT2D eigenvalue weighted by Gasteiger charge is -2.20. The molecule has 38 heavy (non-hydrogen) atoms. The van der Waals surface area contributed by atoms with E-state index in [1.165, 1.54) is 30.6 Å². The Morgan fingerprint density at radius 1 is 1.21 bits per heavy atom. The first kappa shape index (κ1) is 29.3. The van der Waals surface area contributed by atoms with Crippen LogP contribution in [0.2, 0.25) is 0 Å². The zero-order valence-corrected chi connectivity index (χ0v) is 22.2. The molecule has 204 valence electrons. The molecule has 0 bridgehead atoms. The third-order valence-corrected chi connectivity index (χ3v) is 6.50. The third-order valence-electron chi connectivity index (χ3n) is 6.03. The first-order valence-corrected chi connectivity index (χ1v) is 12.6. The van der Waals surface area contributed by atoms with E-state index >= 15 is 0 Å². The number of alkyl halides is 4. The highest BCUT2D eigenvalue weighted by atomic mass is 31.0. The van der Waals surface area contributed by atoms with Crippen molar-refractivity contribution >= 4 is 14.2 Å². The summed E-state index contributed by atoms with van der Waals surface area (Å²) in [4.78, 5) is 33.6. The summed E-state index contributed by atoms with van der Waals surface area (Å²) in [7, 11) is 3.47. The summed E-state index contributed by atoms with van der Waals surface area (Å²) in [6.45, 7) is 5.63. The van der Waals surface area contributed by atoms with Gasteiger partial charge in [-0.2, -0.15) is 5.10 Å². The molecule has 4 heterocycles. The predicted octanol–water partition coefficient (Wildman–Crippen LogP) is 4.19. The van der Waals surface area contributed by atoms with E-state index in [9.17, 15) is 27.2 Å². The second kappa shape index (κ2) is 12.5. The molecule has 1 fully saturated rings. The number of rotatable bonds is 8. The zero-order valence-electron chi connectivity index (χ0n) is 21.2. The van der Waals surface area contributed by atoms with Gasteiger partial charge in [0.05, 0.1) is 23.5 Å². The third kappa shape index (κ3) is 7.20. The molecule has 0 aromatic carbocycles. The fourth-order valence-corrected chi connectivity index (χ4v) is 4.63. The molecule has 0 aliphatic carbocycles. The maximum atomic E-state index is 14.2. The average molecular weight is 553 g/mol. The number of nitrogens with one attached hydrogen (secondary N) is 2. The Bertz CT molecular complexity index is 1390. The van der Waals surface area contributed by atoms with Crippen molar-refractivity contribution in [2.45, 2.75) is 58.4 Å². The molecule has 3 aromatic heterocycles. The molecule has 1 aliphatic rings. The van der Waals surface area contributed by atoms with Gasteiger partial charge in [0, 0.05) is 43.4 Å². The molecule has 1 unspecified atom stereocenters. The Morgan fingerprint density at radius 2 is 1.95 bits per heavy atom. The van der Waals surface area contributed by atoms with E-state index in [0.29, 0.717) is 27.8 Å². The summed E-state index contributed by atoms with van der Waals surface area (Å²) in [6.07, 6.45) is -0.455. The Labute approximate surface area is 218 Å². The summed E-state index contributed by atoms with van der Waals surface area (Å²) in [5.41, 5.74) is 0.576. The van der Waals surface area contributed by atoms with Gasteiger partial charge in [-0.3, -0.25) is 19.7 Å². The molecule has 4 rings (SSSR count). The molecule has 1 atom stereocenters. The normalized spacial score (nSPS) is 15.7. The van der Waals surface area contributed by atoms with E-state index in [2.05, 4.69) is 34.0 Å². The van der Waals surface area contributed by atoms with Crippen molar-refractivity contribution in [1.82, 2.24) is 30.0 Å². The fourth-order valence-electron chi connectivity index (χ4n) is 4.16. The number of aromatic nitrogens is 5. The van der Waals surface area contributed by atoms with Crippen molar-refractivity contribution in [2.75, 3.05) is 13.1 Å². The summed E-state index contributed by atoms with van der Waals surface area (Å²) >= 11 is 0. The second-order valence-corrected chi connectivity index (χ2v) is 9.34. The van der Waals surface area contributed by atoms with E-state index in [1.807, 2.05) is 13.8 Å².